The van der Waals surface area contributed by atoms with E-state index < -0.39 is 4.92 Å². The third-order valence-corrected chi connectivity index (χ3v) is 2.53. The fraction of sp³-hybridized carbons (Fsp3) is 0.455. The fourth-order valence-electron chi connectivity index (χ4n) is 1.33. The summed E-state index contributed by atoms with van der Waals surface area (Å²) in [5.74, 6) is 0.550. The molecule has 5 heteroatoms. The van der Waals surface area contributed by atoms with E-state index in [4.69, 9.17) is 11.6 Å². The molecule has 0 fully saturated rings. The Hall–Kier alpha value is -1.29. The van der Waals surface area contributed by atoms with E-state index in [0.29, 0.717) is 23.2 Å². The second kappa shape index (κ2) is 5.70. The quantitative estimate of drug-likeness (QED) is 0.633. The molecule has 0 amide bonds. The maximum atomic E-state index is 10.8. The van der Waals surface area contributed by atoms with Crippen LogP contribution < -0.4 is 5.32 Å². The number of hydrogen-bond acceptors (Lipinski definition) is 3. The predicted octanol–water partition coefficient (Wildman–Crippen LogP) is 3.71. The van der Waals surface area contributed by atoms with Crippen LogP contribution in [-0.2, 0) is 0 Å². The Labute approximate surface area is 99.8 Å². The van der Waals surface area contributed by atoms with Gasteiger partial charge in [0.05, 0.1) is 9.95 Å². The van der Waals surface area contributed by atoms with Crippen LogP contribution in [0.4, 0.5) is 11.4 Å². The molecule has 0 aliphatic heterocycles. The number of nitro groups is 1. The molecule has 1 aromatic rings. The summed E-state index contributed by atoms with van der Waals surface area (Å²) >= 11 is 5.92. The van der Waals surface area contributed by atoms with E-state index in [0.717, 1.165) is 6.42 Å². The van der Waals surface area contributed by atoms with Crippen LogP contribution in [0.15, 0.2) is 18.2 Å². The molecule has 0 atom stereocenters. The van der Waals surface area contributed by atoms with Gasteiger partial charge in [0.2, 0.25) is 0 Å². The fourth-order valence-corrected chi connectivity index (χ4v) is 1.56. The number of benzene rings is 1. The van der Waals surface area contributed by atoms with Crippen LogP contribution >= 0.6 is 11.6 Å². The molecule has 0 aliphatic carbocycles. The first kappa shape index (κ1) is 12.8. The molecule has 88 valence electrons. The lowest BCUT2D eigenvalue weighted by Gasteiger charge is -2.10. The van der Waals surface area contributed by atoms with Crippen molar-refractivity contribution in [2.45, 2.75) is 20.3 Å². The Balaban J connectivity index is 2.80. The number of rotatable bonds is 5. The van der Waals surface area contributed by atoms with Gasteiger partial charge in [-0.05, 0) is 18.4 Å². The highest BCUT2D eigenvalue weighted by Gasteiger charge is 2.15. The summed E-state index contributed by atoms with van der Waals surface area (Å²) in [6.45, 7) is 4.88. The molecule has 1 aromatic carbocycles. The van der Waals surface area contributed by atoms with Gasteiger partial charge in [-0.15, -0.1) is 0 Å². The summed E-state index contributed by atoms with van der Waals surface area (Å²) in [5.41, 5.74) is 0.436. The van der Waals surface area contributed by atoms with Crippen LogP contribution in [0.1, 0.15) is 20.3 Å². The zero-order valence-corrected chi connectivity index (χ0v) is 10.1. The van der Waals surface area contributed by atoms with Crippen LogP contribution in [0.25, 0.3) is 0 Å². The molecule has 0 unspecified atom stereocenters. The van der Waals surface area contributed by atoms with Crippen molar-refractivity contribution in [3.63, 3.8) is 0 Å². The Kier molecular flexibility index (Phi) is 4.55. The van der Waals surface area contributed by atoms with Crippen molar-refractivity contribution in [2.75, 3.05) is 11.9 Å². The highest BCUT2D eigenvalue weighted by atomic mass is 35.5. The number of nitrogens with zero attached hydrogens (tertiary/aromatic N) is 1. The number of nitro benzene ring substituents is 1. The second-order valence-corrected chi connectivity index (χ2v) is 4.41. The number of anilines is 1. The van der Waals surface area contributed by atoms with Crippen LogP contribution in [0.2, 0.25) is 5.02 Å². The highest BCUT2D eigenvalue weighted by Crippen LogP contribution is 2.31. The van der Waals surface area contributed by atoms with Gasteiger partial charge in [-0.25, -0.2) is 0 Å². The van der Waals surface area contributed by atoms with Crippen LogP contribution in [0, 0.1) is 16.0 Å². The van der Waals surface area contributed by atoms with Gasteiger partial charge in [0, 0.05) is 12.6 Å². The third kappa shape index (κ3) is 3.38. The van der Waals surface area contributed by atoms with E-state index >= 15 is 0 Å². The number of hydrogen-bond donors (Lipinski definition) is 1. The minimum Gasteiger partial charge on any atom is -0.378 e. The molecule has 0 aliphatic rings. The minimum atomic E-state index is -0.427. The summed E-state index contributed by atoms with van der Waals surface area (Å²) in [6.07, 6.45) is 0.947. The average Bonchev–Trinajstić information content (AvgIpc) is 2.19. The van der Waals surface area contributed by atoms with Crippen molar-refractivity contribution in [2.24, 2.45) is 5.92 Å². The molecule has 0 radical (unpaired) electrons. The average molecular weight is 243 g/mol. The van der Waals surface area contributed by atoms with E-state index in [1.165, 1.54) is 6.07 Å². The lowest BCUT2D eigenvalue weighted by molar-refractivity contribution is -0.383. The number of para-hydroxylation sites is 1. The predicted molar refractivity (Wildman–Crippen MR) is 66.1 cm³/mol. The highest BCUT2D eigenvalue weighted by molar-refractivity contribution is 6.33. The molecule has 0 bridgehead atoms. The van der Waals surface area contributed by atoms with E-state index in [1.54, 1.807) is 12.1 Å². The topological polar surface area (TPSA) is 55.2 Å². The zero-order valence-electron chi connectivity index (χ0n) is 9.37. The van der Waals surface area contributed by atoms with Crippen molar-refractivity contribution in [1.82, 2.24) is 0 Å². The zero-order chi connectivity index (χ0) is 12.1. The molecule has 16 heavy (non-hydrogen) atoms. The molecule has 0 heterocycles. The SMILES string of the molecule is CC(C)CCNc1c(Cl)cccc1[N+](=O)[O-]. The van der Waals surface area contributed by atoms with Crippen molar-refractivity contribution in [3.8, 4) is 0 Å². The van der Waals surface area contributed by atoms with Gasteiger partial charge in [0.25, 0.3) is 5.69 Å². The third-order valence-electron chi connectivity index (χ3n) is 2.21. The van der Waals surface area contributed by atoms with Crippen molar-refractivity contribution in [1.29, 1.82) is 0 Å². The number of nitrogens with one attached hydrogen (secondary N) is 1. The van der Waals surface area contributed by atoms with Gasteiger partial charge >= 0.3 is 0 Å². The second-order valence-electron chi connectivity index (χ2n) is 4.00. The van der Waals surface area contributed by atoms with Crippen molar-refractivity contribution >= 4 is 23.0 Å². The van der Waals surface area contributed by atoms with E-state index in [9.17, 15) is 10.1 Å². The largest absolute Gasteiger partial charge is 0.378 e. The first-order chi connectivity index (χ1) is 7.52. The molecule has 0 saturated heterocycles. The summed E-state index contributed by atoms with van der Waals surface area (Å²) < 4.78 is 0. The smallest absolute Gasteiger partial charge is 0.293 e. The van der Waals surface area contributed by atoms with Crippen LogP contribution in [0.5, 0.6) is 0 Å². The summed E-state index contributed by atoms with van der Waals surface area (Å²) in [4.78, 5) is 10.4. The Morgan fingerprint density at radius 2 is 2.19 bits per heavy atom. The molecular formula is C11H15ClN2O2. The van der Waals surface area contributed by atoms with Gasteiger partial charge in [-0.1, -0.05) is 31.5 Å². The van der Waals surface area contributed by atoms with Gasteiger partial charge < -0.3 is 5.32 Å². The molecule has 0 spiro atoms. The maximum Gasteiger partial charge on any atom is 0.293 e. The first-order valence-corrected chi connectivity index (χ1v) is 5.57. The Morgan fingerprint density at radius 3 is 2.75 bits per heavy atom. The monoisotopic (exact) mass is 242 g/mol. The molecule has 1 rings (SSSR count). The normalized spacial score (nSPS) is 10.5. The Morgan fingerprint density at radius 1 is 1.50 bits per heavy atom. The summed E-state index contributed by atoms with van der Waals surface area (Å²) in [6, 6.07) is 4.67. The lowest BCUT2D eigenvalue weighted by Crippen LogP contribution is -2.07. The van der Waals surface area contributed by atoms with Gasteiger partial charge in [-0.2, -0.15) is 0 Å². The molecule has 4 nitrogen and oxygen atoms in total. The Bertz CT molecular complexity index is 380. The van der Waals surface area contributed by atoms with E-state index in [2.05, 4.69) is 19.2 Å². The van der Waals surface area contributed by atoms with Gasteiger partial charge in [0.15, 0.2) is 0 Å². The molecular weight excluding hydrogens is 228 g/mol. The number of halogens is 1. The lowest BCUT2D eigenvalue weighted by atomic mass is 10.1. The first-order valence-electron chi connectivity index (χ1n) is 5.19. The van der Waals surface area contributed by atoms with E-state index in [1.807, 2.05) is 0 Å². The van der Waals surface area contributed by atoms with Crippen molar-refractivity contribution in [3.05, 3.63) is 33.3 Å². The molecule has 0 saturated carbocycles. The van der Waals surface area contributed by atoms with Crippen LogP contribution in [0.3, 0.4) is 0 Å². The van der Waals surface area contributed by atoms with E-state index in [-0.39, 0.29) is 5.69 Å². The molecule has 0 aromatic heterocycles. The van der Waals surface area contributed by atoms with Gasteiger partial charge in [-0.3, -0.25) is 10.1 Å². The van der Waals surface area contributed by atoms with Crippen molar-refractivity contribution < 1.29 is 4.92 Å². The van der Waals surface area contributed by atoms with Crippen LogP contribution in [-0.4, -0.2) is 11.5 Å². The maximum absolute atomic E-state index is 10.8. The summed E-state index contributed by atoms with van der Waals surface area (Å²) in [5, 5.41) is 14.2. The van der Waals surface area contributed by atoms with Gasteiger partial charge in [0.1, 0.15) is 5.69 Å². The summed E-state index contributed by atoms with van der Waals surface area (Å²) in [7, 11) is 0. The standard InChI is InChI=1S/C11H15ClN2O2/c1-8(2)6-7-13-11-9(12)4-3-5-10(11)14(15)16/h3-5,8,13H,6-7H2,1-2H3. The minimum absolute atomic E-state index is 0.0243. The molecule has 1 N–H and O–H groups in total.